The average molecular weight is 179 g/mol. The van der Waals surface area contributed by atoms with Crippen molar-refractivity contribution in [1.29, 1.82) is 0 Å². The summed E-state index contributed by atoms with van der Waals surface area (Å²) >= 11 is 5.46. The van der Waals surface area contributed by atoms with Crippen LogP contribution in [-0.4, -0.2) is 25.1 Å². The van der Waals surface area contributed by atoms with E-state index in [4.69, 9.17) is 25.8 Å². The second kappa shape index (κ2) is 3.43. The maximum atomic E-state index is 5.46. The van der Waals surface area contributed by atoms with Crippen LogP contribution in [0.3, 0.4) is 0 Å². The molecule has 0 aromatic rings. The van der Waals surface area contributed by atoms with Gasteiger partial charge in [0.2, 0.25) is 0 Å². The summed E-state index contributed by atoms with van der Waals surface area (Å²) in [5.41, 5.74) is 0. The molecule has 0 aliphatic carbocycles. The normalized spacial score (nSPS) is 21.6. The summed E-state index contributed by atoms with van der Waals surface area (Å²) in [6.45, 7) is 6.36. The third-order valence-corrected chi connectivity index (χ3v) is 1.59. The molecule has 1 saturated heterocycles. The summed E-state index contributed by atoms with van der Waals surface area (Å²) < 4.78 is 15.5. The van der Waals surface area contributed by atoms with Crippen LogP contribution in [0.15, 0.2) is 12.3 Å². The van der Waals surface area contributed by atoms with Crippen LogP contribution in [0.4, 0.5) is 0 Å². The van der Waals surface area contributed by atoms with Gasteiger partial charge in [-0.15, -0.1) is 11.6 Å². The van der Waals surface area contributed by atoms with Crippen molar-refractivity contribution in [2.24, 2.45) is 0 Å². The van der Waals surface area contributed by atoms with Crippen molar-refractivity contribution in [3.8, 4) is 0 Å². The van der Waals surface area contributed by atoms with Crippen molar-refractivity contribution in [2.45, 2.75) is 12.9 Å². The van der Waals surface area contributed by atoms with Crippen LogP contribution < -0.4 is 0 Å². The topological polar surface area (TPSA) is 27.7 Å². The molecule has 3 nitrogen and oxygen atoms in total. The van der Waals surface area contributed by atoms with Crippen LogP contribution in [0.2, 0.25) is 0 Å². The minimum absolute atomic E-state index is 0.252. The molecule has 0 bridgehead atoms. The van der Waals surface area contributed by atoms with Gasteiger partial charge in [-0.05, 0) is 0 Å². The van der Waals surface area contributed by atoms with E-state index in [2.05, 4.69) is 6.58 Å². The minimum atomic E-state index is -0.966. The molecule has 1 rings (SSSR count). The molecule has 0 aromatic carbocycles. The molecule has 0 spiro atoms. The molecule has 64 valence electrons. The van der Waals surface area contributed by atoms with Gasteiger partial charge in [-0.25, -0.2) is 0 Å². The predicted molar refractivity (Wildman–Crippen MR) is 41.3 cm³/mol. The van der Waals surface area contributed by atoms with E-state index in [1.807, 2.05) is 0 Å². The molecule has 0 saturated carbocycles. The first kappa shape index (κ1) is 8.84. The third-order valence-electron chi connectivity index (χ3n) is 1.29. The lowest BCUT2D eigenvalue weighted by Gasteiger charge is -2.23. The molecule has 1 heterocycles. The first-order valence-electron chi connectivity index (χ1n) is 3.37. The Bertz CT molecular complexity index is 152. The molecule has 1 aliphatic heterocycles. The monoisotopic (exact) mass is 178 g/mol. The molecule has 11 heavy (non-hydrogen) atoms. The quantitative estimate of drug-likeness (QED) is 0.484. The number of hydrogen-bond acceptors (Lipinski definition) is 3. The fourth-order valence-corrected chi connectivity index (χ4v) is 0.899. The van der Waals surface area contributed by atoms with Crippen LogP contribution in [0.25, 0.3) is 0 Å². The molecular formula is C7H11ClO3. The highest BCUT2D eigenvalue weighted by molar-refractivity contribution is 6.19. The van der Waals surface area contributed by atoms with Gasteiger partial charge < -0.3 is 14.2 Å². The van der Waals surface area contributed by atoms with Gasteiger partial charge in [-0.2, -0.15) is 0 Å². The minimum Gasteiger partial charge on any atom is -0.443 e. The second-order valence-corrected chi connectivity index (χ2v) is 2.60. The van der Waals surface area contributed by atoms with E-state index < -0.39 is 5.97 Å². The number of ether oxygens (including phenoxy) is 3. The lowest BCUT2D eigenvalue weighted by molar-refractivity contribution is -0.300. The zero-order valence-electron chi connectivity index (χ0n) is 6.43. The first-order valence-corrected chi connectivity index (χ1v) is 3.90. The summed E-state index contributed by atoms with van der Waals surface area (Å²) in [6.07, 6.45) is 0. The van der Waals surface area contributed by atoms with Gasteiger partial charge >= 0.3 is 5.97 Å². The number of allylic oxidation sites excluding steroid dienone is 1. The molecule has 0 radical (unpaired) electrons. The van der Waals surface area contributed by atoms with E-state index in [9.17, 15) is 0 Å². The molecule has 1 fully saturated rings. The van der Waals surface area contributed by atoms with Crippen molar-refractivity contribution in [3.05, 3.63) is 12.3 Å². The van der Waals surface area contributed by atoms with Crippen LogP contribution in [-0.2, 0) is 14.2 Å². The van der Waals surface area contributed by atoms with E-state index >= 15 is 0 Å². The van der Waals surface area contributed by atoms with Gasteiger partial charge in [0.05, 0.1) is 19.1 Å². The van der Waals surface area contributed by atoms with Crippen molar-refractivity contribution in [2.75, 3.05) is 19.1 Å². The zero-order chi connectivity index (χ0) is 8.32. The maximum absolute atomic E-state index is 5.46. The molecule has 4 heteroatoms. The summed E-state index contributed by atoms with van der Waals surface area (Å²) in [7, 11) is 0. The van der Waals surface area contributed by atoms with Gasteiger partial charge in [0.1, 0.15) is 5.76 Å². The van der Waals surface area contributed by atoms with Gasteiger partial charge in [-0.3, -0.25) is 0 Å². The standard InChI is InChI=1S/C7H11ClO3/c1-6(5-8)11-7(2)9-3-4-10-7/h1,3-5H2,2H3. The Balaban J connectivity index is 2.39. The summed E-state index contributed by atoms with van der Waals surface area (Å²) in [5, 5.41) is 0. The van der Waals surface area contributed by atoms with Crippen LogP contribution in [0.1, 0.15) is 6.92 Å². The van der Waals surface area contributed by atoms with E-state index in [1.54, 1.807) is 6.92 Å². The largest absolute Gasteiger partial charge is 0.443 e. The van der Waals surface area contributed by atoms with Crippen LogP contribution >= 0.6 is 11.6 Å². The van der Waals surface area contributed by atoms with Crippen molar-refractivity contribution < 1.29 is 14.2 Å². The number of rotatable bonds is 3. The van der Waals surface area contributed by atoms with E-state index in [0.29, 0.717) is 19.0 Å². The van der Waals surface area contributed by atoms with Crippen LogP contribution in [0, 0.1) is 0 Å². The average Bonchev–Trinajstić information content (AvgIpc) is 2.36. The molecule has 0 amide bonds. The lowest BCUT2D eigenvalue weighted by Crippen LogP contribution is -2.29. The number of halogens is 1. The Morgan fingerprint density at radius 3 is 2.64 bits per heavy atom. The SMILES string of the molecule is C=C(CCl)OC1(C)OCCO1. The lowest BCUT2D eigenvalue weighted by atomic mass is 10.6. The van der Waals surface area contributed by atoms with E-state index in [1.165, 1.54) is 0 Å². The highest BCUT2D eigenvalue weighted by Crippen LogP contribution is 2.22. The van der Waals surface area contributed by atoms with Gasteiger partial charge in [-0.1, -0.05) is 6.58 Å². The van der Waals surface area contributed by atoms with Gasteiger partial charge in [0, 0.05) is 6.92 Å². The molecule has 1 aliphatic rings. The summed E-state index contributed by atoms with van der Waals surface area (Å²) in [6, 6.07) is 0. The van der Waals surface area contributed by atoms with E-state index in [0.717, 1.165) is 0 Å². The Hall–Kier alpha value is -0.250. The molecular weight excluding hydrogens is 168 g/mol. The van der Waals surface area contributed by atoms with E-state index in [-0.39, 0.29) is 5.88 Å². The smallest absolute Gasteiger partial charge is 0.323 e. The molecule has 0 aromatic heterocycles. The van der Waals surface area contributed by atoms with Crippen molar-refractivity contribution in [3.63, 3.8) is 0 Å². The number of alkyl halides is 1. The highest BCUT2D eigenvalue weighted by Gasteiger charge is 2.33. The summed E-state index contributed by atoms with van der Waals surface area (Å²) in [4.78, 5) is 0. The van der Waals surface area contributed by atoms with Crippen molar-refractivity contribution >= 4 is 11.6 Å². The molecule has 0 unspecified atom stereocenters. The molecule has 0 atom stereocenters. The number of hydrogen-bond donors (Lipinski definition) is 0. The second-order valence-electron chi connectivity index (χ2n) is 2.33. The van der Waals surface area contributed by atoms with Gasteiger partial charge in [0.25, 0.3) is 0 Å². The maximum Gasteiger partial charge on any atom is 0.323 e. The molecule has 0 N–H and O–H groups in total. The van der Waals surface area contributed by atoms with Crippen LogP contribution in [0.5, 0.6) is 0 Å². The highest BCUT2D eigenvalue weighted by atomic mass is 35.5. The third kappa shape index (κ3) is 2.36. The van der Waals surface area contributed by atoms with Gasteiger partial charge in [0.15, 0.2) is 0 Å². The Morgan fingerprint density at radius 2 is 2.18 bits per heavy atom. The predicted octanol–water partition coefficient (Wildman–Crippen LogP) is 1.48. The zero-order valence-corrected chi connectivity index (χ0v) is 7.19. The van der Waals surface area contributed by atoms with Crippen molar-refractivity contribution in [1.82, 2.24) is 0 Å². The Morgan fingerprint density at radius 1 is 1.64 bits per heavy atom. The summed E-state index contributed by atoms with van der Waals surface area (Å²) in [5.74, 6) is -0.259. The fraction of sp³-hybridized carbons (Fsp3) is 0.714. The Labute approximate surface area is 70.9 Å². The fourth-order valence-electron chi connectivity index (χ4n) is 0.844. The first-order chi connectivity index (χ1) is 5.16. The Kier molecular flexibility index (Phi) is 2.76.